The third kappa shape index (κ3) is 5.16. The molecule has 0 bridgehead atoms. The summed E-state index contributed by atoms with van der Waals surface area (Å²) in [5.74, 6) is 0.853. The molecule has 0 spiro atoms. The fraction of sp³-hybridized carbons (Fsp3) is 0.400. The molecule has 2 aromatic rings. The van der Waals surface area contributed by atoms with E-state index in [0.29, 0.717) is 6.54 Å². The van der Waals surface area contributed by atoms with Gasteiger partial charge in [-0.3, -0.25) is 4.79 Å². The van der Waals surface area contributed by atoms with Crippen LogP contribution in [0.25, 0.3) is 6.08 Å². The van der Waals surface area contributed by atoms with Gasteiger partial charge < -0.3 is 15.0 Å². The number of rotatable bonds is 5. The Bertz CT molecular complexity index is 760. The fourth-order valence-corrected chi connectivity index (χ4v) is 3.80. The molecule has 3 heterocycles. The normalized spacial score (nSPS) is 20.5. The molecule has 0 aromatic carbocycles. The molecule has 2 atom stereocenters. The Hall–Kier alpha value is -2.18. The number of hydrogen-bond acceptors (Lipinski definition) is 5. The standard InChI is InChI=1S/C20H25N3O2S/c1-14-12-23(13-15(2)25-14)19-8-5-17(10-21-19)11-22-20(24)9-7-18-6-4-16(3)26-18/h4-10,14-15H,11-13H2,1-3H3,(H,22,24)/b9-7+. The van der Waals surface area contributed by atoms with Gasteiger partial charge in [-0.15, -0.1) is 11.3 Å². The highest BCUT2D eigenvalue weighted by molar-refractivity contribution is 7.12. The third-order valence-electron chi connectivity index (χ3n) is 4.18. The summed E-state index contributed by atoms with van der Waals surface area (Å²) in [7, 11) is 0. The maximum Gasteiger partial charge on any atom is 0.244 e. The number of hydrogen-bond donors (Lipinski definition) is 1. The Morgan fingerprint density at radius 3 is 2.69 bits per heavy atom. The highest BCUT2D eigenvalue weighted by atomic mass is 32.1. The van der Waals surface area contributed by atoms with Crippen molar-refractivity contribution in [1.29, 1.82) is 0 Å². The summed E-state index contributed by atoms with van der Waals surface area (Å²) in [6.07, 6.45) is 5.66. The molecule has 6 heteroatoms. The van der Waals surface area contributed by atoms with E-state index in [0.717, 1.165) is 29.3 Å². The van der Waals surface area contributed by atoms with Crippen molar-refractivity contribution in [1.82, 2.24) is 10.3 Å². The minimum atomic E-state index is -0.101. The van der Waals surface area contributed by atoms with Crippen LogP contribution in [-0.4, -0.2) is 36.2 Å². The minimum Gasteiger partial charge on any atom is -0.372 e. The molecule has 5 nitrogen and oxygen atoms in total. The number of amides is 1. The van der Waals surface area contributed by atoms with Gasteiger partial charge in [-0.05, 0) is 50.6 Å². The Labute approximate surface area is 158 Å². The molecule has 138 valence electrons. The molecule has 1 aliphatic heterocycles. The number of aromatic nitrogens is 1. The summed E-state index contributed by atoms with van der Waals surface area (Å²) < 4.78 is 5.76. The van der Waals surface area contributed by atoms with Crippen LogP contribution in [0.2, 0.25) is 0 Å². The Morgan fingerprint density at radius 2 is 2.08 bits per heavy atom. The lowest BCUT2D eigenvalue weighted by atomic mass is 10.2. The first-order chi connectivity index (χ1) is 12.5. The van der Waals surface area contributed by atoms with Gasteiger partial charge in [0.2, 0.25) is 5.91 Å². The van der Waals surface area contributed by atoms with E-state index < -0.39 is 0 Å². The number of aryl methyl sites for hydroxylation is 1. The largest absolute Gasteiger partial charge is 0.372 e. The smallest absolute Gasteiger partial charge is 0.244 e. The lowest BCUT2D eigenvalue weighted by Gasteiger charge is -2.36. The highest BCUT2D eigenvalue weighted by Crippen LogP contribution is 2.18. The molecule has 1 N–H and O–H groups in total. The summed E-state index contributed by atoms with van der Waals surface area (Å²) in [6, 6.07) is 8.08. The van der Waals surface area contributed by atoms with Crippen LogP contribution in [0.4, 0.5) is 5.82 Å². The van der Waals surface area contributed by atoms with Crippen molar-refractivity contribution < 1.29 is 9.53 Å². The van der Waals surface area contributed by atoms with Gasteiger partial charge in [-0.1, -0.05) is 6.07 Å². The molecule has 0 saturated carbocycles. The van der Waals surface area contributed by atoms with Crippen LogP contribution < -0.4 is 10.2 Å². The Balaban J connectivity index is 1.51. The molecule has 2 aromatic heterocycles. The number of carbonyl (C=O) groups excluding carboxylic acids is 1. The summed E-state index contributed by atoms with van der Waals surface area (Å²) in [4.78, 5) is 21.1. The number of ether oxygens (including phenoxy) is 1. The van der Waals surface area contributed by atoms with E-state index in [4.69, 9.17) is 4.74 Å². The molecule has 0 aliphatic carbocycles. The zero-order chi connectivity index (χ0) is 18.5. The summed E-state index contributed by atoms with van der Waals surface area (Å²) in [6.45, 7) is 8.38. The molecule has 2 unspecified atom stereocenters. The van der Waals surface area contributed by atoms with Crippen molar-refractivity contribution in [3.63, 3.8) is 0 Å². The van der Waals surface area contributed by atoms with E-state index in [1.54, 1.807) is 17.4 Å². The van der Waals surface area contributed by atoms with Crippen molar-refractivity contribution >= 4 is 29.1 Å². The fourth-order valence-electron chi connectivity index (χ4n) is 3.02. The molecule has 1 amide bonds. The van der Waals surface area contributed by atoms with Crippen molar-refractivity contribution in [2.45, 2.75) is 39.5 Å². The van der Waals surface area contributed by atoms with E-state index in [1.807, 2.05) is 36.5 Å². The molecule has 1 saturated heterocycles. The van der Waals surface area contributed by atoms with E-state index in [1.165, 1.54) is 4.88 Å². The van der Waals surface area contributed by atoms with Gasteiger partial charge in [0.25, 0.3) is 0 Å². The van der Waals surface area contributed by atoms with Gasteiger partial charge in [0, 0.05) is 41.7 Å². The first-order valence-corrected chi connectivity index (χ1v) is 9.69. The van der Waals surface area contributed by atoms with Gasteiger partial charge in [0.15, 0.2) is 0 Å². The van der Waals surface area contributed by atoms with Crippen LogP contribution in [0.3, 0.4) is 0 Å². The van der Waals surface area contributed by atoms with Crippen molar-refractivity contribution in [3.05, 3.63) is 51.9 Å². The number of nitrogens with zero attached hydrogens (tertiary/aromatic N) is 2. The second kappa shape index (κ2) is 8.47. The average Bonchev–Trinajstić information content (AvgIpc) is 3.03. The van der Waals surface area contributed by atoms with Crippen molar-refractivity contribution in [2.24, 2.45) is 0 Å². The van der Waals surface area contributed by atoms with Crippen LogP contribution >= 0.6 is 11.3 Å². The second-order valence-corrected chi connectivity index (χ2v) is 8.01. The number of carbonyl (C=O) groups is 1. The summed E-state index contributed by atoms with van der Waals surface area (Å²) in [5, 5.41) is 2.89. The molecule has 3 rings (SSSR count). The monoisotopic (exact) mass is 371 g/mol. The van der Waals surface area contributed by atoms with E-state index >= 15 is 0 Å². The van der Waals surface area contributed by atoms with Crippen LogP contribution in [0.1, 0.15) is 29.2 Å². The first-order valence-electron chi connectivity index (χ1n) is 8.87. The number of pyridine rings is 1. The Morgan fingerprint density at radius 1 is 1.31 bits per heavy atom. The number of nitrogens with one attached hydrogen (secondary N) is 1. The van der Waals surface area contributed by atoms with E-state index in [2.05, 4.69) is 36.0 Å². The maximum atomic E-state index is 11.9. The van der Waals surface area contributed by atoms with Crippen molar-refractivity contribution in [2.75, 3.05) is 18.0 Å². The average molecular weight is 372 g/mol. The van der Waals surface area contributed by atoms with Crippen LogP contribution in [-0.2, 0) is 16.1 Å². The van der Waals surface area contributed by atoms with Crippen LogP contribution in [0.15, 0.2) is 36.5 Å². The number of thiophene rings is 1. The maximum absolute atomic E-state index is 11.9. The Kier molecular flexibility index (Phi) is 6.06. The van der Waals surface area contributed by atoms with Gasteiger partial charge in [-0.2, -0.15) is 0 Å². The topological polar surface area (TPSA) is 54.5 Å². The molecule has 0 radical (unpaired) electrons. The molecular weight excluding hydrogens is 346 g/mol. The summed E-state index contributed by atoms with van der Waals surface area (Å²) in [5.41, 5.74) is 0.983. The van der Waals surface area contributed by atoms with Gasteiger partial charge >= 0.3 is 0 Å². The minimum absolute atomic E-state index is 0.101. The molecule has 26 heavy (non-hydrogen) atoms. The molecule has 1 fully saturated rings. The number of anilines is 1. The SMILES string of the molecule is Cc1ccc(/C=C/C(=O)NCc2ccc(N3CC(C)OC(C)C3)nc2)s1. The zero-order valence-corrected chi connectivity index (χ0v) is 16.3. The van der Waals surface area contributed by atoms with Gasteiger partial charge in [0.05, 0.1) is 12.2 Å². The predicted molar refractivity (Wildman–Crippen MR) is 106 cm³/mol. The van der Waals surface area contributed by atoms with Crippen LogP contribution in [0, 0.1) is 6.92 Å². The van der Waals surface area contributed by atoms with Gasteiger partial charge in [0.1, 0.15) is 5.82 Å². The number of morpholine rings is 1. The quantitative estimate of drug-likeness (QED) is 0.819. The highest BCUT2D eigenvalue weighted by Gasteiger charge is 2.22. The predicted octanol–water partition coefficient (Wildman–Crippen LogP) is 3.39. The molecule has 1 aliphatic rings. The van der Waals surface area contributed by atoms with E-state index in [-0.39, 0.29) is 18.1 Å². The summed E-state index contributed by atoms with van der Waals surface area (Å²) >= 11 is 1.67. The molecular formula is C20H25N3O2S. The van der Waals surface area contributed by atoms with E-state index in [9.17, 15) is 4.79 Å². The van der Waals surface area contributed by atoms with Crippen LogP contribution in [0.5, 0.6) is 0 Å². The van der Waals surface area contributed by atoms with Crippen molar-refractivity contribution in [3.8, 4) is 0 Å². The second-order valence-electron chi connectivity index (χ2n) is 6.69. The first kappa shape index (κ1) is 18.6. The zero-order valence-electron chi connectivity index (χ0n) is 15.4. The third-order valence-corrected chi connectivity index (χ3v) is 5.15. The van der Waals surface area contributed by atoms with Gasteiger partial charge in [-0.25, -0.2) is 4.98 Å². The lowest BCUT2D eigenvalue weighted by Crippen LogP contribution is -2.45. The lowest BCUT2D eigenvalue weighted by molar-refractivity contribution is -0.116.